The smallest absolute Gasteiger partial charge is 0.128 e. The van der Waals surface area contributed by atoms with Gasteiger partial charge in [0.15, 0.2) is 0 Å². The van der Waals surface area contributed by atoms with Crippen molar-refractivity contribution < 1.29 is 4.39 Å². The number of rotatable bonds is 2. The normalized spacial score (nSPS) is 11.2. The zero-order valence-corrected chi connectivity index (χ0v) is 12.9. The molecule has 20 heavy (non-hydrogen) atoms. The highest BCUT2D eigenvalue weighted by molar-refractivity contribution is 9.10. The zero-order valence-electron chi connectivity index (χ0n) is 11.3. The van der Waals surface area contributed by atoms with Gasteiger partial charge in [-0.25, -0.2) is 9.37 Å². The van der Waals surface area contributed by atoms with Crippen LogP contribution in [0.3, 0.4) is 0 Å². The van der Waals surface area contributed by atoms with Gasteiger partial charge in [-0.1, -0.05) is 15.9 Å². The Balaban J connectivity index is 2.07. The molecule has 0 aliphatic heterocycles. The minimum atomic E-state index is -0.195. The van der Waals surface area contributed by atoms with Crippen LogP contribution in [-0.4, -0.2) is 9.55 Å². The molecule has 0 amide bonds. The summed E-state index contributed by atoms with van der Waals surface area (Å²) >= 11 is 3.38. The van der Waals surface area contributed by atoms with Crippen molar-refractivity contribution in [2.24, 2.45) is 0 Å². The van der Waals surface area contributed by atoms with Crippen LogP contribution in [0.1, 0.15) is 16.7 Å². The molecule has 2 nitrogen and oxygen atoms in total. The third-order valence-corrected chi connectivity index (χ3v) is 4.08. The van der Waals surface area contributed by atoms with E-state index < -0.39 is 0 Å². The first-order chi connectivity index (χ1) is 9.54. The molecule has 1 heterocycles. The number of nitrogens with zero attached hydrogens (tertiary/aromatic N) is 2. The van der Waals surface area contributed by atoms with Gasteiger partial charge in [-0.05, 0) is 55.3 Å². The van der Waals surface area contributed by atoms with E-state index in [4.69, 9.17) is 0 Å². The maximum absolute atomic E-state index is 13.9. The Kier molecular flexibility index (Phi) is 3.34. The summed E-state index contributed by atoms with van der Waals surface area (Å²) in [5.41, 5.74) is 5.07. The van der Waals surface area contributed by atoms with Crippen LogP contribution in [0.15, 0.2) is 41.1 Å². The number of imidazole rings is 1. The minimum Gasteiger partial charge on any atom is -0.326 e. The highest BCUT2D eigenvalue weighted by atomic mass is 79.9. The quantitative estimate of drug-likeness (QED) is 0.670. The van der Waals surface area contributed by atoms with E-state index in [9.17, 15) is 4.39 Å². The van der Waals surface area contributed by atoms with Crippen LogP contribution >= 0.6 is 15.9 Å². The maximum Gasteiger partial charge on any atom is 0.128 e. The summed E-state index contributed by atoms with van der Waals surface area (Å²) in [6.45, 7) is 4.62. The van der Waals surface area contributed by atoms with Crippen LogP contribution in [0.5, 0.6) is 0 Å². The average molecular weight is 333 g/mol. The first-order valence-corrected chi connectivity index (χ1v) is 7.20. The fourth-order valence-corrected chi connectivity index (χ4v) is 2.70. The Hall–Kier alpha value is -1.68. The van der Waals surface area contributed by atoms with Gasteiger partial charge >= 0.3 is 0 Å². The van der Waals surface area contributed by atoms with E-state index in [0.29, 0.717) is 12.1 Å². The second-order valence-electron chi connectivity index (χ2n) is 5.03. The molecule has 0 aliphatic rings. The Bertz CT molecular complexity index is 793. The number of aryl methyl sites for hydroxylation is 2. The van der Waals surface area contributed by atoms with Crippen LogP contribution < -0.4 is 0 Å². The molecular weight excluding hydrogens is 319 g/mol. The van der Waals surface area contributed by atoms with E-state index in [2.05, 4.69) is 46.9 Å². The Morgan fingerprint density at radius 3 is 2.70 bits per heavy atom. The largest absolute Gasteiger partial charge is 0.326 e. The molecule has 3 rings (SSSR count). The van der Waals surface area contributed by atoms with Crippen LogP contribution in [0.2, 0.25) is 0 Å². The predicted octanol–water partition coefficient (Wildman–Crippen LogP) is 4.60. The first kappa shape index (κ1) is 13.3. The molecule has 3 aromatic rings. The van der Waals surface area contributed by atoms with Gasteiger partial charge in [0.2, 0.25) is 0 Å². The topological polar surface area (TPSA) is 17.8 Å². The van der Waals surface area contributed by atoms with E-state index in [0.717, 1.165) is 15.5 Å². The Labute approximate surface area is 125 Å². The van der Waals surface area contributed by atoms with Gasteiger partial charge in [0.1, 0.15) is 5.82 Å². The van der Waals surface area contributed by atoms with Crippen molar-refractivity contribution in [3.8, 4) is 0 Å². The standard InChI is InChI=1S/C16H14BrFN2/c1-10-5-15-16(6-11(10)2)20(9-19-15)8-12-7-13(17)3-4-14(12)18/h3-7,9H,8H2,1-2H3. The van der Waals surface area contributed by atoms with Gasteiger partial charge in [0.25, 0.3) is 0 Å². The van der Waals surface area contributed by atoms with E-state index in [-0.39, 0.29) is 5.82 Å². The summed E-state index contributed by atoms with van der Waals surface area (Å²) in [5.74, 6) is -0.195. The molecule has 0 bridgehead atoms. The molecular formula is C16H14BrFN2. The van der Waals surface area contributed by atoms with Crippen molar-refractivity contribution in [3.63, 3.8) is 0 Å². The van der Waals surface area contributed by atoms with Crippen molar-refractivity contribution in [2.75, 3.05) is 0 Å². The van der Waals surface area contributed by atoms with Gasteiger partial charge in [0.05, 0.1) is 23.9 Å². The SMILES string of the molecule is Cc1cc2ncn(Cc3cc(Br)ccc3F)c2cc1C. The van der Waals surface area contributed by atoms with Gasteiger partial charge < -0.3 is 4.57 Å². The average Bonchev–Trinajstić information content (AvgIpc) is 2.77. The van der Waals surface area contributed by atoms with Crippen LogP contribution in [-0.2, 0) is 6.54 Å². The molecule has 2 aromatic carbocycles. The lowest BCUT2D eigenvalue weighted by Crippen LogP contribution is -2.01. The number of aromatic nitrogens is 2. The van der Waals surface area contributed by atoms with Crippen molar-refractivity contribution in [1.29, 1.82) is 0 Å². The Morgan fingerprint density at radius 1 is 1.15 bits per heavy atom. The summed E-state index contributed by atoms with van der Waals surface area (Å²) in [4.78, 5) is 4.40. The molecule has 0 N–H and O–H groups in total. The summed E-state index contributed by atoms with van der Waals surface area (Å²) in [7, 11) is 0. The maximum atomic E-state index is 13.9. The molecule has 0 unspecified atom stereocenters. The first-order valence-electron chi connectivity index (χ1n) is 6.40. The highest BCUT2D eigenvalue weighted by Crippen LogP contribution is 2.21. The molecule has 0 saturated carbocycles. The van der Waals surface area contributed by atoms with Crippen molar-refractivity contribution in [1.82, 2.24) is 9.55 Å². The molecule has 0 fully saturated rings. The molecule has 1 aromatic heterocycles. The number of halogens is 2. The molecule has 4 heteroatoms. The summed E-state index contributed by atoms with van der Waals surface area (Å²) < 4.78 is 16.7. The van der Waals surface area contributed by atoms with Gasteiger partial charge in [-0.15, -0.1) is 0 Å². The number of fused-ring (bicyclic) bond motifs is 1. The van der Waals surface area contributed by atoms with Crippen LogP contribution in [0, 0.1) is 19.7 Å². The van der Waals surface area contributed by atoms with Gasteiger partial charge in [0, 0.05) is 10.0 Å². The summed E-state index contributed by atoms with van der Waals surface area (Å²) in [5, 5.41) is 0. The van der Waals surface area contributed by atoms with Gasteiger partial charge in [-0.2, -0.15) is 0 Å². The Morgan fingerprint density at radius 2 is 1.90 bits per heavy atom. The molecule has 0 radical (unpaired) electrons. The minimum absolute atomic E-state index is 0.195. The second-order valence-corrected chi connectivity index (χ2v) is 5.95. The van der Waals surface area contributed by atoms with Crippen molar-refractivity contribution >= 4 is 27.0 Å². The van der Waals surface area contributed by atoms with Crippen molar-refractivity contribution in [2.45, 2.75) is 20.4 Å². The second kappa shape index (κ2) is 5.02. The summed E-state index contributed by atoms with van der Waals surface area (Å²) in [6.07, 6.45) is 1.77. The van der Waals surface area contributed by atoms with Gasteiger partial charge in [-0.3, -0.25) is 0 Å². The van der Waals surface area contributed by atoms with Crippen LogP contribution in [0.25, 0.3) is 11.0 Å². The number of hydrogen-bond acceptors (Lipinski definition) is 1. The fourth-order valence-electron chi connectivity index (χ4n) is 2.29. The van der Waals surface area contributed by atoms with E-state index >= 15 is 0 Å². The summed E-state index contributed by atoms with van der Waals surface area (Å²) in [6, 6.07) is 9.17. The monoisotopic (exact) mass is 332 g/mol. The zero-order chi connectivity index (χ0) is 14.3. The molecule has 102 valence electrons. The van der Waals surface area contributed by atoms with Crippen molar-refractivity contribution in [3.05, 3.63) is 63.6 Å². The number of hydrogen-bond donors (Lipinski definition) is 0. The number of benzene rings is 2. The molecule has 0 spiro atoms. The third kappa shape index (κ3) is 2.36. The molecule has 0 aliphatic carbocycles. The van der Waals surface area contributed by atoms with E-state index in [1.165, 1.54) is 17.2 Å². The predicted molar refractivity (Wildman–Crippen MR) is 82.4 cm³/mol. The lowest BCUT2D eigenvalue weighted by atomic mass is 10.1. The molecule has 0 atom stereocenters. The van der Waals surface area contributed by atoms with E-state index in [1.54, 1.807) is 12.4 Å². The third-order valence-electron chi connectivity index (χ3n) is 3.58. The lowest BCUT2D eigenvalue weighted by Gasteiger charge is -2.08. The van der Waals surface area contributed by atoms with E-state index in [1.807, 2.05) is 10.6 Å². The van der Waals surface area contributed by atoms with Crippen LogP contribution in [0.4, 0.5) is 4.39 Å². The highest BCUT2D eigenvalue weighted by Gasteiger charge is 2.08. The lowest BCUT2D eigenvalue weighted by molar-refractivity contribution is 0.601. The fraction of sp³-hybridized carbons (Fsp3) is 0.188. The molecule has 0 saturated heterocycles.